The zero-order valence-electron chi connectivity index (χ0n) is 16.8. The zero-order valence-corrected chi connectivity index (χ0v) is 18.4. The molecular formula is C24H20BrNO5. The maximum atomic E-state index is 12.9. The summed E-state index contributed by atoms with van der Waals surface area (Å²) in [6, 6.07) is 12.9. The molecular weight excluding hydrogens is 462 g/mol. The molecule has 0 N–H and O–H groups in total. The average molecular weight is 482 g/mol. The van der Waals surface area contributed by atoms with Gasteiger partial charge in [0.15, 0.2) is 12.4 Å². The van der Waals surface area contributed by atoms with Crippen LogP contribution in [0.25, 0.3) is 0 Å². The summed E-state index contributed by atoms with van der Waals surface area (Å²) in [6.07, 6.45) is 4.44. The summed E-state index contributed by atoms with van der Waals surface area (Å²) in [7, 11) is 0. The highest BCUT2D eigenvalue weighted by atomic mass is 79.9. The fraction of sp³-hybridized carbons (Fsp3) is 0.250. The number of rotatable bonds is 5. The van der Waals surface area contributed by atoms with Crippen LogP contribution in [0, 0.1) is 17.8 Å². The van der Waals surface area contributed by atoms with Crippen LogP contribution in [0.5, 0.6) is 0 Å². The molecule has 1 saturated heterocycles. The van der Waals surface area contributed by atoms with E-state index in [1.54, 1.807) is 36.4 Å². The Morgan fingerprint density at radius 1 is 1.06 bits per heavy atom. The minimum atomic E-state index is -0.696. The number of ketones is 1. The second-order valence-electron chi connectivity index (χ2n) is 7.72. The number of fused-ring (bicyclic) bond motifs is 1. The number of imide groups is 1. The standard InChI is InChI=1S/C24H20BrNO5/c1-14-4-2-7-19-21(14)23(29)26(22(19)28)18-6-3-5-16(12-18)24(30)31-13-20(27)15-8-10-17(25)11-9-15/h2-6,8-12,14,19,21H,7,13H2,1H3/t14-,19+,21-/m1/s1. The Kier molecular flexibility index (Phi) is 5.87. The number of carbonyl (C=O) groups excluding carboxylic acids is 4. The first-order chi connectivity index (χ1) is 14.9. The molecule has 7 heteroatoms. The van der Waals surface area contributed by atoms with E-state index < -0.39 is 12.6 Å². The number of ether oxygens (including phenoxy) is 1. The van der Waals surface area contributed by atoms with Crippen molar-refractivity contribution in [2.24, 2.45) is 17.8 Å². The van der Waals surface area contributed by atoms with Gasteiger partial charge < -0.3 is 4.74 Å². The highest BCUT2D eigenvalue weighted by molar-refractivity contribution is 9.10. The van der Waals surface area contributed by atoms with Crippen LogP contribution in [0.3, 0.4) is 0 Å². The number of allylic oxidation sites excluding steroid dienone is 2. The summed E-state index contributed by atoms with van der Waals surface area (Å²) in [5.74, 6) is -2.28. The Hall–Kier alpha value is -3.06. The highest BCUT2D eigenvalue weighted by Crippen LogP contribution is 2.40. The topological polar surface area (TPSA) is 80.8 Å². The third-order valence-corrected chi connectivity index (χ3v) is 6.24. The Morgan fingerprint density at radius 3 is 2.52 bits per heavy atom. The van der Waals surface area contributed by atoms with Crippen molar-refractivity contribution >= 4 is 45.2 Å². The third-order valence-electron chi connectivity index (χ3n) is 5.71. The summed E-state index contributed by atoms with van der Waals surface area (Å²) in [5, 5.41) is 0. The number of carbonyl (C=O) groups is 4. The van der Waals surface area contributed by atoms with Crippen LogP contribution in [-0.4, -0.2) is 30.2 Å². The van der Waals surface area contributed by atoms with Crippen molar-refractivity contribution in [3.63, 3.8) is 0 Å². The first kappa shape index (κ1) is 21.2. The first-order valence-corrected chi connectivity index (χ1v) is 10.8. The van der Waals surface area contributed by atoms with Gasteiger partial charge in [0.05, 0.1) is 23.1 Å². The van der Waals surface area contributed by atoms with Crippen molar-refractivity contribution in [2.75, 3.05) is 11.5 Å². The van der Waals surface area contributed by atoms with Gasteiger partial charge >= 0.3 is 5.97 Å². The van der Waals surface area contributed by atoms with Crippen LogP contribution < -0.4 is 4.90 Å². The van der Waals surface area contributed by atoms with E-state index in [-0.39, 0.29) is 40.9 Å². The van der Waals surface area contributed by atoms with E-state index >= 15 is 0 Å². The van der Waals surface area contributed by atoms with Gasteiger partial charge in [-0.3, -0.25) is 19.3 Å². The smallest absolute Gasteiger partial charge is 0.338 e. The Morgan fingerprint density at radius 2 is 1.81 bits per heavy atom. The summed E-state index contributed by atoms with van der Waals surface area (Å²) in [6.45, 7) is 1.53. The Labute approximate surface area is 188 Å². The van der Waals surface area contributed by atoms with E-state index in [0.717, 1.165) is 4.47 Å². The van der Waals surface area contributed by atoms with Gasteiger partial charge in [-0.25, -0.2) is 4.79 Å². The van der Waals surface area contributed by atoms with Gasteiger partial charge in [-0.1, -0.05) is 53.2 Å². The monoisotopic (exact) mass is 481 g/mol. The second-order valence-corrected chi connectivity index (χ2v) is 8.64. The summed E-state index contributed by atoms with van der Waals surface area (Å²) in [5.41, 5.74) is 0.941. The molecule has 1 aliphatic heterocycles. The molecule has 1 fully saturated rings. The van der Waals surface area contributed by atoms with Crippen molar-refractivity contribution < 1.29 is 23.9 Å². The maximum absolute atomic E-state index is 12.9. The van der Waals surface area contributed by atoms with Crippen LogP contribution in [0.2, 0.25) is 0 Å². The maximum Gasteiger partial charge on any atom is 0.338 e. The van der Waals surface area contributed by atoms with Crippen LogP contribution in [0.1, 0.15) is 34.1 Å². The third kappa shape index (κ3) is 4.10. The van der Waals surface area contributed by atoms with E-state index in [4.69, 9.17) is 4.74 Å². The van der Waals surface area contributed by atoms with Gasteiger partial charge in [0.1, 0.15) is 0 Å². The Bertz CT molecular complexity index is 1090. The molecule has 0 unspecified atom stereocenters. The average Bonchev–Trinajstić information content (AvgIpc) is 3.03. The number of hydrogen-bond acceptors (Lipinski definition) is 5. The van der Waals surface area contributed by atoms with Crippen molar-refractivity contribution in [3.8, 4) is 0 Å². The molecule has 3 atom stereocenters. The number of amides is 2. The van der Waals surface area contributed by atoms with E-state index in [1.165, 1.54) is 17.0 Å². The molecule has 1 aliphatic carbocycles. The van der Waals surface area contributed by atoms with Gasteiger partial charge in [0, 0.05) is 10.0 Å². The lowest BCUT2D eigenvalue weighted by Crippen LogP contribution is -2.31. The molecule has 0 aromatic heterocycles. The fourth-order valence-corrected chi connectivity index (χ4v) is 4.37. The molecule has 4 rings (SSSR count). The van der Waals surface area contributed by atoms with Gasteiger partial charge in [-0.05, 0) is 42.7 Å². The number of nitrogens with zero attached hydrogens (tertiary/aromatic N) is 1. The lowest BCUT2D eigenvalue weighted by atomic mass is 9.78. The van der Waals surface area contributed by atoms with Crippen molar-refractivity contribution in [1.29, 1.82) is 0 Å². The van der Waals surface area contributed by atoms with Gasteiger partial charge in [0.2, 0.25) is 11.8 Å². The van der Waals surface area contributed by atoms with Crippen molar-refractivity contribution in [2.45, 2.75) is 13.3 Å². The molecule has 0 radical (unpaired) electrons. The SMILES string of the molecule is C[C@@H]1C=CC[C@@H]2C(=O)N(c3cccc(C(=O)OCC(=O)c4ccc(Br)cc4)c3)C(=O)[C@H]12. The minimum absolute atomic E-state index is 0.0158. The molecule has 2 aliphatic rings. The van der Waals surface area contributed by atoms with Crippen LogP contribution in [0.15, 0.2) is 65.2 Å². The largest absolute Gasteiger partial charge is 0.454 e. The van der Waals surface area contributed by atoms with Crippen LogP contribution in [-0.2, 0) is 14.3 Å². The quantitative estimate of drug-likeness (QED) is 0.276. The van der Waals surface area contributed by atoms with Crippen LogP contribution >= 0.6 is 15.9 Å². The number of hydrogen-bond donors (Lipinski definition) is 0. The Balaban J connectivity index is 1.47. The predicted octanol–water partition coefficient (Wildman–Crippen LogP) is 4.19. The van der Waals surface area contributed by atoms with E-state index in [0.29, 0.717) is 17.7 Å². The number of benzene rings is 2. The number of esters is 1. The number of Topliss-reactive ketones (excluding diaryl/α,β-unsaturated/α-hetero) is 1. The lowest BCUT2D eigenvalue weighted by molar-refractivity contribution is -0.122. The van der Waals surface area contributed by atoms with Gasteiger partial charge in [-0.15, -0.1) is 0 Å². The molecule has 0 saturated carbocycles. The molecule has 2 aromatic rings. The van der Waals surface area contributed by atoms with E-state index in [1.807, 2.05) is 19.1 Å². The van der Waals surface area contributed by atoms with E-state index in [2.05, 4.69) is 15.9 Å². The van der Waals surface area contributed by atoms with Gasteiger partial charge in [0.25, 0.3) is 0 Å². The lowest BCUT2D eigenvalue weighted by Gasteiger charge is -2.22. The van der Waals surface area contributed by atoms with Crippen molar-refractivity contribution in [3.05, 3.63) is 76.3 Å². The summed E-state index contributed by atoms with van der Waals surface area (Å²) in [4.78, 5) is 51.7. The molecule has 2 amide bonds. The molecule has 6 nitrogen and oxygen atoms in total. The molecule has 0 spiro atoms. The minimum Gasteiger partial charge on any atom is -0.454 e. The summed E-state index contributed by atoms with van der Waals surface area (Å²) >= 11 is 3.30. The number of halogens is 1. The molecule has 31 heavy (non-hydrogen) atoms. The highest BCUT2D eigenvalue weighted by Gasteiger charge is 2.50. The molecule has 2 aromatic carbocycles. The molecule has 1 heterocycles. The van der Waals surface area contributed by atoms with Crippen LogP contribution in [0.4, 0.5) is 5.69 Å². The fourth-order valence-electron chi connectivity index (χ4n) is 4.11. The number of anilines is 1. The van der Waals surface area contributed by atoms with Gasteiger partial charge in [-0.2, -0.15) is 0 Å². The first-order valence-electron chi connectivity index (χ1n) is 9.97. The molecule has 158 valence electrons. The zero-order chi connectivity index (χ0) is 22.1. The van der Waals surface area contributed by atoms with Crippen molar-refractivity contribution in [1.82, 2.24) is 0 Å². The predicted molar refractivity (Wildman–Crippen MR) is 118 cm³/mol. The normalized spacial score (nSPS) is 22.4. The molecule has 0 bridgehead atoms. The van der Waals surface area contributed by atoms with E-state index in [9.17, 15) is 19.2 Å². The summed E-state index contributed by atoms with van der Waals surface area (Å²) < 4.78 is 6.00. The second kappa shape index (κ2) is 8.59.